The molecule has 6 nitrogen and oxygen atoms in total. The first-order chi connectivity index (χ1) is 12.6. The fraction of sp³-hybridized carbons (Fsp3) is 0.524. The molecule has 1 aromatic heterocycles. The molecule has 0 unspecified atom stereocenters. The van der Waals surface area contributed by atoms with E-state index < -0.39 is 11.7 Å². The summed E-state index contributed by atoms with van der Waals surface area (Å²) in [6.45, 7) is 12.9. The van der Waals surface area contributed by atoms with Crippen molar-refractivity contribution in [3.05, 3.63) is 34.4 Å². The summed E-state index contributed by atoms with van der Waals surface area (Å²) in [5.74, 6) is 1.64. The lowest BCUT2D eigenvalue weighted by Crippen LogP contribution is -2.29. The summed E-state index contributed by atoms with van der Waals surface area (Å²) in [7, 11) is 1.86. The lowest BCUT2D eigenvalue weighted by molar-refractivity contribution is 0.0634. The Balaban J connectivity index is 1.98. The van der Waals surface area contributed by atoms with Crippen LogP contribution in [0.1, 0.15) is 49.4 Å². The summed E-state index contributed by atoms with van der Waals surface area (Å²) < 4.78 is 7.16. The molecule has 0 saturated carbocycles. The SMILES string of the molecule is Cc1cc(C)c(N2CCCc3c2nn(C)c3NC(=O)OC(C)(C)C)c(C)c1. The van der Waals surface area contributed by atoms with Gasteiger partial charge in [0, 0.05) is 24.8 Å². The Kier molecular flexibility index (Phi) is 4.93. The van der Waals surface area contributed by atoms with Gasteiger partial charge in [-0.15, -0.1) is 0 Å². The molecule has 2 heterocycles. The molecular weight excluding hydrogens is 340 g/mol. The van der Waals surface area contributed by atoms with Crippen molar-refractivity contribution in [3.63, 3.8) is 0 Å². The highest BCUT2D eigenvalue weighted by Crippen LogP contribution is 2.39. The largest absolute Gasteiger partial charge is 0.444 e. The van der Waals surface area contributed by atoms with E-state index in [1.165, 1.54) is 22.4 Å². The van der Waals surface area contributed by atoms with E-state index >= 15 is 0 Å². The van der Waals surface area contributed by atoms with E-state index in [1.807, 2.05) is 27.8 Å². The zero-order valence-corrected chi connectivity index (χ0v) is 17.4. The van der Waals surface area contributed by atoms with Crippen LogP contribution in [-0.4, -0.2) is 28.0 Å². The van der Waals surface area contributed by atoms with Crippen molar-refractivity contribution in [2.45, 2.75) is 60.0 Å². The lowest BCUT2D eigenvalue weighted by atomic mass is 10.0. The van der Waals surface area contributed by atoms with Gasteiger partial charge in [-0.3, -0.25) is 10.00 Å². The number of carbonyl (C=O) groups is 1. The smallest absolute Gasteiger partial charge is 0.413 e. The van der Waals surface area contributed by atoms with Gasteiger partial charge >= 0.3 is 6.09 Å². The van der Waals surface area contributed by atoms with E-state index in [1.54, 1.807) is 4.68 Å². The maximum atomic E-state index is 12.3. The molecule has 1 N–H and O–H groups in total. The topological polar surface area (TPSA) is 59.4 Å². The third kappa shape index (κ3) is 3.94. The monoisotopic (exact) mass is 370 g/mol. The molecule has 0 bridgehead atoms. The van der Waals surface area contributed by atoms with Gasteiger partial charge < -0.3 is 9.64 Å². The predicted molar refractivity (Wildman–Crippen MR) is 109 cm³/mol. The third-order valence-corrected chi connectivity index (χ3v) is 4.71. The summed E-state index contributed by atoms with van der Waals surface area (Å²) in [6.07, 6.45) is 1.44. The number of hydrogen-bond donors (Lipinski definition) is 1. The Morgan fingerprint density at radius 2 is 1.81 bits per heavy atom. The molecule has 1 amide bonds. The molecule has 2 aromatic rings. The Hall–Kier alpha value is -2.50. The fourth-order valence-electron chi connectivity index (χ4n) is 3.89. The molecule has 0 saturated heterocycles. The van der Waals surface area contributed by atoms with E-state index in [4.69, 9.17) is 9.84 Å². The van der Waals surface area contributed by atoms with Gasteiger partial charge in [0.05, 0.1) is 0 Å². The molecule has 1 aliphatic heterocycles. The summed E-state index contributed by atoms with van der Waals surface area (Å²) in [4.78, 5) is 14.6. The zero-order chi connectivity index (χ0) is 19.9. The molecular formula is C21H30N4O2. The molecule has 146 valence electrons. The number of benzene rings is 1. The van der Waals surface area contributed by atoms with Crippen molar-refractivity contribution in [2.75, 3.05) is 16.8 Å². The first-order valence-electron chi connectivity index (χ1n) is 9.48. The summed E-state index contributed by atoms with van der Waals surface area (Å²) in [5.41, 5.74) is 5.49. The maximum Gasteiger partial charge on any atom is 0.413 e. The van der Waals surface area contributed by atoms with Gasteiger partial charge in [0.1, 0.15) is 11.4 Å². The van der Waals surface area contributed by atoms with E-state index in [9.17, 15) is 4.79 Å². The maximum absolute atomic E-state index is 12.3. The van der Waals surface area contributed by atoms with Crippen LogP contribution in [0.4, 0.5) is 22.1 Å². The second kappa shape index (κ2) is 6.91. The zero-order valence-electron chi connectivity index (χ0n) is 17.4. The molecule has 6 heteroatoms. The number of rotatable bonds is 2. The Labute approximate surface area is 161 Å². The Morgan fingerprint density at radius 3 is 2.41 bits per heavy atom. The van der Waals surface area contributed by atoms with E-state index in [2.05, 4.69) is 43.1 Å². The first-order valence-corrected chi connectivity index (χ1v) is 9.48. The van der Waals surface area contributed by atoms with Crippen molar-refractivity contribution in [3.8, 4) is 0 Å². The molecule has 1 aromatic carbocycles. The van der Waals surface area contributed by atoms with Crippen molar-refractivity contribution in [1.82, 2.24) is 9.78 Å². The van der Waals surface area contributed by atoms with Crippen LogP contribution in [0, 0.1) is 20.8 Å². The van der Waals surface area contributed by atoms with Gasteiger partial charge in [0.2, 0.25) is 0 Å². The van der Waals surface area contributed by atoms with Crippen LogP contribution in [-0.2, 0) is 18.2 Å². The van der Waals surface area contributed by atoms with E-state index in [0.717, 1.165) is 30.8 Å². The number of nitrogens with one attached hydrogen (secondary N) is 1. The highest BCUT2D eigenvalue weighted by Gasteiger charge is 2.29. The molecule has 27 heavy (non-hydrogen) atoms. The highest BCUT2D eigenvalue weighted by atomic mass is 16.6. The van der Waals surface area contributed by atoms with Gasteiger partial charge in [0.15, 0.2) is 5.82 Å². The van der Waals surface area contributed by atoms with Crippen LogP contribution >= 0.6 is 0 Å². The van der Waals surface area contributed by atoms with Crippen molar-refractivity contribution < 1.29 is 9.53 Å². The number of amides is 1. The molecule has 0 radical (unpaired) electrons. The Morgan fingerprint density at radius 1 is 1.19 bits per heavy atom. The van der Waals surface area contributed by atoms with Crippen LogP contribution in [0.5, 0.6) is 0 Å². The van der Waals surface area contributed by atoms with Gasteiger partial charge in [-0.25, -0.2) is 4.79 Å². The molecule has 0 fully saturated rings. The van der Waals surface area contributed by atoms with Crippen molar-refractivity contribution in [2.24, 2.45) is 7.05 Å². The first kappa shape index (κ1) is 19.3. The number of nitrogens with zero attached hydrogens (tertiary/aromatic N) is 3. The lowest BCUT2D eigenvalue weighted by Gasteiger charge is -2.30. The van der Waals surface area contributed by atoms with Crippen LogP contribution in [0.2, 0.25) is 0 Å². The second-order valence-corrected chi connectivity index (χ2v) is 8.40. The molecule has 1 aliphatic rings. The van der Waals surface area contributed by atoms with Crippen LogP contribution in [0.3, 0.4) is 0 Å². The predicted octanol–water partition coefficient (Wildman–Crippen LogP) is 4.78. The van der Waals surface area contributed by atoms with E-state index in [0.29, 0.717) is 5.82 Å². The number of anilines is 3. The number of aryl methyl sites for hydroxylation is 4. The summed E-state index contributed by atoms with van der Waals surface area (Å²) in [5, 5.41) is 7.63. The average Bonchev–Trinajstić information content (AvgIpc) is 2.81. The summed E-state index contributed by atoms with van der Waals surface area (Å²) in [6, 6.07) is 4.42. The Bertz CT molecular complexity index is 854. The number of ether oxygens (including phenoxy) is 1. The fourth-order valence-corrected chi connectivity index (χ4v) is 3.89. The van der Waals surface area contributed by atoms with Crippen LogP contribution in [0.15, 0.2) is 12.1 Å². The van der Waals surface area contributed by atoms with Crippen molar-refractivity contribution in [1.29, 1.82) is 0 Å². The number of aromatic nitrogens is 2. The molecule has 0 atom stereocenters. The van der Waals surface area contributed by atoms with Gasteiger partial charge in [-0.05, 0) is 65.5 Å². The van der Waals surface area contributed by atoms with Crippen LogP contribution < -0.4 is 10.2 Å². The minimum absolute atomic E-state index is 0.451. The van der Waals surface area contributed by atoms with Crippen LogP contribution in [0.25, 0.3) is 0 Å². The van der Waals surface area contributed by atoms with Gasteiger partial charge in [-0.2, -0.15) is 5.10 Å². The third-order valence-electron chi connectivity index (χ3n) is 4.71. The minimum Gasteiger partial charge on any atom is -0.444 e. The molecule has 0 aliphatic carbocycles. The number of carbonyl (C=O) groups excluding carboxylic acids is 1. The number of fused-ring (bicyclic) bond motifs is 1. The van der Waals surface area contributed by atoms with Crippen molar-refractivity contribution >= 4 is 23.4 Å². The highest BCUT2D eigenvalue weighted by molar-refractivity contribution is 5.87. The van der Waals surface area contributed by atoms with Gasteiger partial charge in [-0.1, -0.05) is 17.7 Å². The molecule has 3 rings (SSSR count). The number of hydrogen-bond acceptors (Lipinski definition) is 4. The van der Waals surface area contributed by atoms with Gasteiger partial charge in [0.25, 0.3) is 0 Å². The second-order valence-electron chi connectivity index (χ2n) is 8.40. The minimum atomic E-state index is -0.537. The average molecular weight is 370 g/mol. The molecule has 0 spiro atoms. The quantitative estimate of drug-likeness (QED) is 0.827. The summed E-state index contributed by atoms with van der Waals surface area (Å²) >= 11 is 0. The standard InChI is InChI=1S/C21H30N4O2/c1-13-11-14(2)17(15(3)12-13)25-10-8-9-16-18(24(7)23-19(16)25)22-20(26)27-21(4,5)6/h11-12H,8-10H2,1-7H3,(H,22,26). The normalized spacial score (nSPS) is 14.1. The van der Waals surface area contributed by atoms with E-state index in [-0.39, 0.29) is 0 Å².